The molecule has 2 aromatic carbocycles. The smallest absolute Gasteiger partial charge is 0.209 e. The fourth-order valence-corrected chi connectivity index (χ4v) is 2.72. The molecule has 0 aliphatic heterocycles. The summed E-state index contributed by atoms with van der Waals surface area (Å²) in [6.45, 7) is 0. The predicted molar refractivity (Wildman–Crippen MR) is 70.6 cm³/mol. The van der Waals surface area contributed by atoms with Crippen LogP contribution in [0.4, 0.5) is 0 Å². The Morgan fingerprint density at radius 3 is 2.56 bits per heavy atom. The molecule has 0 bridgehead atoms. The van der Waals surface area contributed by atoms with E-state index in [1.54, 1.807) is 0 Å². The van der Waals surface area contributed by atoms with E-state index in [4.69, 9.17) is 0 Å². The third kappa shape index (κ3) is 1.74. The van der Waals surface area contributed by atoms with E-state index in [1.165, 1.54) is 22.3 Å². The molecule has 4 heteroatoms. The number of benzene rings is 2. The number of hydrogen-bond acceptors (Lipinski definition) is 3. The standard InChI is InChI=1S/C12H7BrN2S/c13-12-14-11(16-15-12)10-6-5-8-3-1-2-4-9(8)7-10/h1-7H. The summed E-state index contributed by atoms with van der Waals surface area (Å²) in [6.07, 6.45) is 0. The minimum absolute atomic E-state index is 0.653. The second-order valence-electron chi connectivity index (χ2n) is 3.43. The van der Waals surface area contributed by atoms with Crippen molar-refractivity contribution in [1.82, 2.24) is 9.36 Å². The molecule has 0 unspecified atom stereocenters. The number of fused-ring (bicyclic) bond motifs is 1. The van der Waals surface area contributed by atoms with Gasteiger partial charge in [0.2, 0.25) is 4.73 Å². The van der Waals surface area contributed by atoms with Gasteiger partial charge in [-0.1, -0.05) is 36.4 Å². The van der Waals surface area contributed by atoms with Gasteiger partial charge < -0.3 is 0 Å². The van der Waals surface area contributed by atoms with Crippen LogP contribution in [0, 0.1) is 0 Å². The van der Waals surface area contributed by atoms with Crippen LogP contribution < -0.4 is 0 Å². The maximum atomic E-state index is 4.31. The molecule has 0 saturated carbocycles. The first kappa shape index (κ1) is 9.93. The van der Waals surface area contributed by atoms with E-state index < -0.39 is 0 Å². The van der Waals surface area contributed by atoms with Gasteiger partial charge in [0.1, 0.15) is 5.01 Å². The van der Waals surface area contributed by atoms with Gasteiger partial charge in [-0.05, 0) is 44.3 Å². The van der Waals surface area contributed by atoms with Gasteiger partial charge in [0.15, 0.2) is 0 Å². The van der Waals surface area contributed by atoms with Crippen LogP contribution in [0.15, 0.2) is 47.2 Å². The van der Waals surface area contributed by atoms with Crippen molar-refractivity contribution < 1.29 is 0 Å². The Hall–Kier alpha value is -1.26. The Balaban J connectivity index is 2.18. The Labute approximate surface area is 105 Å². The van der Waals surface area contributed by atoms with Crippen molar-refractivity contribution >= 4 is 38.2 Å². The summed E-state index contributed by atoms with van der Waals surface area (Å²) in [5.41, 5.74) is 1.11. The summed E-state index contributed by atoms with van der Waals surface area (Å²) in [4.78, 5) is 4.31. The van der Waals surface area contributed by atoms with Gasteiger partial charge in [-0.3, -0.25) is 0 Å². The zero-order valence-electron chi connectivity index (χ0n) is 8.22. The van der Waals surface area contributed by atoms with E-state index in [-0.39, 0.29) is 0 Å². The van der Waals surface area contributed by atoms with Gasteiger partial charge in [0, 0.05) is 5.56 Å². The zero-order chi connectivity index (χ0) is 11.0. The number of rotatable bonds is 1. The lowest BCUT2D eigenvalue weighted by atomic mass is 10.1. The maximum Gasteiger partial charge on any atom is 0.209 e. The molecule has 0 aliphatic rings. The molecule has 0 aliphatic carbocycles. The lowest BCUT2D eigenvalue weighted by Crippen LogP contribution is -1.77. The molecule has 3 rings (SSSR count). The minimum atomic E-state index is 0.653. The van der Waals surface area contributed by atoms with Crippen molar-refractivity contribution in [3.8, 4) is 10.6 Å². The molecule has 0 saturated heterocycles. The van der Waals surface area contributed by atoms with Crippen LogP contribution in [0.2, 0.25) is 0 Å². The second-order valence-corrected chi connectivity index (χ2v) is 4.89. The molecule has 0 atom stereocenters. The quantitative estimate of drug-likeness (QED) is 0.674. The molecule has 0 radical (unpaired) electrons. The molecular weight excluding hydrogens is 284 g/mol. The Morgan fingerprint density at radius 2 is 1.81 bits per heavy atom. The molecule has 2 nitrogen and oxygen atoms in total. The molecule has 1 heterocycles. The molecule has 0 fully saturated rings. The third-order valence-corrected chi connectivity index (χ3v) is 3.75. The fraction of sp³-hybridized carbons (Fsp3) is 0. The van der Waals surface area contributed by atoms with Gasteiger partial charge in [0.25, 0.3) is 0 Å². The van der Waals surface area contributed by atoms with E-state index in [0.717, 1.165) is 10.6 Å². The van der Waals surface area contributed by atoms with Crippen LogP contribution in [0.3, 0.4) is 0 Å². The summed E-state index contributed by atoms with van der Waals surface area (Å²) in [6, 6.07) is 14.6. The van der Waals surface area contributed by atoms with Crippen molar-refractivity contribution in [2.75, 3.05) is 0 Å². The lowest BCUT2D eigenvalue weighted by molar-refractivity contribution is 1.26. The first-order valence-electron chi connectivity index (χ1n) is 4.81. The molecule has 0 N–H and O–H groups in total. The van der Waals surface area contributed by atoms with E-state index >= 15 is 0 Å². The lowest BCUT2D eigenvalue weighted by Gasteiger charge is -1.99. The Kier molecular flexibility index (Phi) is 2.46. The largest absolute Gasteiger partial charge is 0.209 e. The molecular formula is C12H7BrN2S. The topological polar surface area (TPSA) is 25.8 Å². The molecule has 0 spiro atoms. The van der Waals surface area contributed by atoms with Crippen LogP contribution in [0.25, 0.3) is 21.3 Å². The van der Waals surface area contributed by atoms with Gasteiger partial charge in [-0.2, -0.15) is 4.37 Å². The van der Waals surface area contributed by atoms with Crippen molar-refractivity contribution in [2.45, 2.75) is 0 Å². The monoisotopic (exact) mass is 290 g/mol. The first-order valence-corrected chi connectivity index (χ1v) is 6.38. The number of nitrogens with zero attached hydrogens (tertiary/aromatic N) is 2. The van der Waals surface area contributed by atoms with Gasteiger partial charge in [-0.15, -0.1) is 0 Å². The van der Waals surface area contributed by atoms with E-state index in [9.17, 15) is 0 Å². The molecule has 0 amide bonds. The summed E-state index contributed by atoms with van der Waals surface area (Å²) in [5, 5.41) is 3.42. The van der Waals surface area contributed by atoms with Crippen LogP contribution in [0.5, 0.6) is 0 Å². The van der Waals surface area contributed by atoms with Crippen molar-refractivity contribution in [3.63, 3.8) is 0 Å². The van der Waals surface area contributed by atoms with Crippen LogP contribution in [-0.2, 0) is 0 Å². The van der Waals surface area contributed by atoms with E-state index in [2.05, 4.69) is 55.6 Å². The number of hydrogen-bond donors (Lipinski definition) is 0. The molecule has 78 valence electrons. The molecule has 16 heavy (non-hydrogen) atoms. The van der Waals surface area contributed by atoms with Crippen LogP contribution >= 0.6 is 27.5 Å². The Bertz CT molecular complexity index is 648. The van der Waals surface area contributed by atoms with Crippen molar-refractivity contribution in [3.05, 3.63) is 47.2 Å². The zero-order valence-corrected chi connectivity index (χ0v) is 10.6. The Morgan fingerprint density at radius 1 is 1.00 bits per heavy atom. The first-order chi connectivity index (χ1) is 7.83. The summed E-state index contributed by atoms with van der Waals surface area (Å²) < 4.78 is 4.77. The maximum absolute atomic E-state index is 4.31. The number of halogens is 1. The average Bonchev–Trinajstić information content (AvgIpc) is 2.75. The van der Waals surface area contributed by atoms with E-state index in [0.29, 0.717) is 4.73 Å². The summed E-state index contributed by atoms with van der Waals surface area (Å²) >= 11 is 4.67. The highest BCUT2D eigenvalue weighted by Gasteiger charge is 2.04. The van der Waals surface area contributed by atoms with Gasteiger partial charge in [-0.25, -0.2) is 4.98 Å². The average molecular weight is 291 g/mol. The van der Waals surface area contributed by atoms with Crippen molar-refractivity contribution in [1.29, 1.82) is 0 Å². The highest BCUT2D eigenvalue weighted by Crippen LogP contribution is 2.26. The summed E-state index contributed by atoms with van der Waals surface area (Å²) in [7, 11) is 0. The van der Waals surface area contributed by atoms with Gasteiger partial charge >= 0.3 is 0 Å². The highest BCUT2D eigenvalue weighted by atomic mass is 79.9. The van der Waals surface area contributed by atoms with Gasteiger partial charge in [0.05, 0.1) is 0 Å². The highest BCUT2D eigenvalue weighted by molar-refractivity contribution is 9.10. The predicted octanol–water partition coefficient (Wildman–Crippen LogP) is 4.12. The second kappa shape index (κ2) is 3.96. The summed E-state index contributed by atoms with van der Waals surface area (Å²) in [5.74, 6) is 0. The van der Waals surface area contributed by atoms with Crippen LogP contribution in [-0.4, -0.2) is 9.36 Å². The number of aromatic nitrogens is 2. The molecule has 1 aromatic heterocycles. The normalized spacial score (nSPS) is 10.8. The third-order valence-electron chi connectivity index (χ3n) is 2.40. The fourth-order valence-electron chi connectivity index (χ4n) is 1.65. The van der Waals surface area contributed by atoms with Crippen LogP contribution in [0.1, 0.15) is 0 Å². The van der Waals surface area contributed by atoms with E-state index in [1.807, 2.05) is 12.1 Å². The molecule has 3 aromatic rings. The minimum Gasteiger partial charge on any atom is -0.209 e. The SMILES string of the molecule is Brc1nsc(-c2ccc3ccccc3c2)n1. The van der Waals surface area contributed by atoms with Crippen molar-refractivity contribution in [2.24, 2.45) is 0 Å².